The minimum Gasteiger partial charge on any atom is -0.339 e. The van der Waals surface area contributed by atoms with Gasteiger partial charge in [-0.3, -0.25) is 4.79 Å². The van der Waals surface area contributed by atoms with Gasteiger partial charge in [0.2, 0.25) is 5.91 Å². The highest BCUT2D eigenvalue weighted by Crippen LogP contribution is 2.16. The summed E-state index contributed by atoms with van der Waals surface area (Å²) in [4.78, 5) is 14.1. The van der Waals surface area contributed by atoms with Crippen molar-refractivity contribution in [2.24, 2.45) is 0 Å². The second-order valence-corrected chi connectivity index (χ2v) is 5.16. The smallest absolute Gasteiger partial charge is 0.244 e. The molecule has 1 saturated heterocycles. The molecule has 21 heavy (non-hydrogen) atoms. The molecular formula is C14H18N6O. The Morgan fingerprint density at radius 2 is 1.95 bits per heavy atom. The van der Waals surface area contributed by atoms with Gasteiger partial charge in [-0.2, -0.15) is 0 Å². The standard InChI is InChI=1S/C14H18N6O/c1-11-2-4-12(5-3-11)14-16-17-18-20(14)10-13(21)19-8-6-15-7-9-19/h2-5,15H,6-10H2,1H3. The molecule has 1 aliphatic rings. The molecule has 110 valence electrons. The molecule has 0 unspecified atom stereocenters. The highest BCUT2D eigenvalue weighted by Gasteiger charge is 2.19. The number of benzene rings is 1. The van der Waals surface area contributed by atoms with Gasteiger partial charge in [-0.25, -0.2) is 4.68 Å². The van der Waals surface area contributed by atoms with Gasteiger partial charge in [0.15, 0.2) is 5.82 Å². The van der Waals surface area contributed by atoms with Gasteiger partial charge in [0.25, 0.3) is 0 Å². The first-order chi connectivity index (χ1) is 10.2. The van der Waals surface area contributed by atoms with Crippen LogP contribution < -0.4 is 5.32 Å². The summed E-state index contributed by atoms with van der Waals surface area (Å²) < 4.78 is 1.56. The molecule has 7 heteroatoms. The van der Waals surface area contributed by atoms with E-state index in [0.29, 0.717) is 5.82 Å². The Kier molecular flexibility index (Phi) is 3.92. The maximum Gasteiger partial charge on any atom is 0.244 e. The van der Waals surface area contributed by atoms with E-state index in [9.17, 15) is 4.79 Å². The first-order valence-corrected chi connectivity index (χ1v) is 7.06. The van der Waals surface area contributed by atoms with Crippen molar-refractivity contribution in [3.05, 3.63) is 29.8 Å². The average Bonchev–Trinajstić information content (AvgIpc) is 2.97. The lowest BCUT2D eigenvalue weighted by molar-refractivity contribution is -0.132. The number of aryl methyl sites for hydroxylation is 1. The van der Waals surface area contributed by atoms with Crippen LogP contribution in [0, 0.1) is 6.92 Å². The van der Waals surface area contributed by atoms with Gasteiger partial charge in [0.05, 0.1) is 0 Å². The van der Waals surface area contributed by atoms with Gasteiger partial charge in [-0.1, -0.05) is 29.8 Å². The van der Waals surface area contributed by atoms with Gasteiger partial charge in [-0.05, 0) is 17.4 Å². The van der Waals surface area contributed by atoms with Crippen LogP contribution in [-0.2, 0) is 11.3 Å². The zero-order chi connectivity index (χ0) is 14.7. The van der Waals surface area contributed by atoms with Crippen molar-refractivity contribution < 1.29 is 4.79 Å². The maximum absolute atomic E-state index is 12.3. The van der Waals surface area contributed by atoms with Gasteiger partial charge in [-0.15, -0.1) is 5.10 Å². The van der Waals surface area contributed by atoms with Crippen molar-refractivity contribution in [3.63, 3.8) is 0 Å². The summed E-state index contributed by atoms with van der Waals surface area (Å²) in [6.07, 6.45) is 0. The monoisotopic (exact) mass is 286 g/mol. The van der Waals surface area contributed by atoms with Crippen molar-refractivity contribution >= 4 is 5.91 Å². The normalized spacial score (nSPS) is 15.2. The van der Waals surface area contributed by atoms with Crippen LogP contribution in [-0.4, -0.2) is 57.2 Å². The number of tetrazole rings is 1. The molecule has 0 spiro atoms. The number of nitrogens with one attached hydrogen (secondary N) is 1. The Morgan fingerprint density at radius 3 is 2.67 bits per heavy atom. The summed E-state index contributed by atoms with van der Waals surface area (Å²) in [5.74, 6) is 0.677. The number of nitrogens with zero attached hydrogens (tertiary/aromatic N) is 5. The molecule has 1 aromatic heterocycles. The number of hydrogen-bond donors (Lipinski definition) is 1. The second-order valence-electron chi connectivity index (χ2n) is 5.16. The summed E-state index contributed by atoms with van der Waals surface area (Å²) in [7, 11) is 0. The van der Waals surface area contributed by atoms with Crippen LogP contribution in [0.25, 0.3) is 11.4 Å². The molecule has 1 aliphatic heterocycles. The first kappa shape index (κ1) is 13.7. The van der Waals surface area contributed by atoms with Gasteiger partial charge < -0.3 is 10.2 Å². The van der Waals surface area contributed by atoms with Crippen molar-refractivity contribution in [1.82, 2.24) is 30.4 Å². The molecule has 2 heterocycles. The number of piperazine rings is 1. The zero-order valence-electron chi connectivity index (χ0n) is 12.0. The SMILES string of the molecule is Cc1ccc(-c2nnnn2CC(=O)N2CCNCC2)cc1. The highest BCUT2D eigenvalue weighted by atomic mass is 16.2. The summed E-state index contributed by atoms with van der Waals surface area (Å²) in [5, 5.41) is 14.9. The largest absolute Gasteiger partial charge is 0.339 e. The molecule has 0 atom stereocenters. The lowest BCUT2D eigenvalue weighted by atomic mass is 10.1. The lowest BCUT2D eigenvalue weighted by Gasteiger charge is -2.27. The minimum absolute atomic E-state index is 0.0529. The minimum atomic E-state index is 0.0529. The quantitative estimate of drug-likeness (QED) is 0.865. The van der Waals surface area contributed by atoms with Crippen LogP contribution in [0.15, 0.2) is 24.3 Å². The predicted octanol–water partition coefficient (Wildman–Crippen LogP) is 0.0803. The number of carbonyl (C=O) groups excluding carboxylic acids is 1. The van der Waals surface area contributed by atoms with Crippen molar-refractivity contribution in [1.29, 1.82) is 0 Å². The molecule has 2 aromatic rings. The van der Waals surface area contributed by atoms with E-state index in [0.717, 1.165) is 31.7 Å². The Hall–Kier alpha value is -2.28. The summed E-state index contributed by atoms with van der Waals surface area (Å²) >= 11 is 0. The molecule has 1 amide bonds. The third kappa shape index (κ3) is 3.08. The van der Waals surface area contributed by atoms with Crippen LogP contribution in [0.5, 0.6) is 0 Å². The van der Waals surface area contributed by atoms with Crippen LogP contribution in [0.2, 0.25) is 0 Å². The van der Waals surface area contributed by atoms with E-state index in [1.165, 1.54) is 5.56 Å². The molecule has 0 radical (unpaired) electrons. The van der Waals surface area contributed by atoms with E-state index in [1.54, 1.807) is 4.68 Å². The Labute approximate surface area is 122 Å². The number of carbonyl (C=O) groups is 1. The van der Waals surface area contributed by atoms with E-state index < -0.39 is 0 Å². The Balaban J connectivity index is 1.76. The van der Waals surface area contributed by atoms with Crippen molar-refractivity contribution in [3.8, 4) is 11.4 Å². The number of rotatable bonds is 3. The third-order valence-corrected chi connectivity index (χ3v) is 3.60. The van der Waals surface area contributed by atoms with Crippen LogP contribution in [0.1, 0.15) is 5.56 Å². The molecule has 1 fully saturated rings. The molecule has 3 rings (SSSR count). The summed E-state index contributed by atoms with van der Waals surface area (Å²) in [6.45, 7) is 5.36. The highest BCUT2D eigenvalue weighted by molar-refractivity contribution is 5.76. The van der Waals surface area contributed by atoms with E-state index in [2.05, 4.69) is 20.8 Å². The fourth-order valence-corrected chi connectivity index (χ4v) is 2.36. The maximum atomic E-state index is 12.3. The molecular weight excluding hydrogens is 268 g/mol. The van der Waals surface area contributed by atoms with E-state index >= 15 is 0 Å². The van der Waals surface area contributed by atoms with Gasteiger partial charge in [0.1, 0.15) is 6.54 Å². The van der Waals surface area contributed by atoms with Crippen molar-refractivity contribution in [2.45, 2.75) is 13.5 Å². The third-order valence-electron chi connectivity index (χ3n) is 3.60. The molecule has 1 N–H and O–H groups in total. The predicted molar refractivity (Wildman–Crippen MR) is 77.4 cm³/mol. The topological polar surface area (TPSA) is 75.9 Å². The van der Waals surface area contributed by atoms with Crippen LogP contribution in [0.4, 0.5) is 0 Å². The van der Waals surface area contributed by atoms with Crippen molar-refractivity contribution in [2.75, 3.05) is 26.2 Å². The van der Waals surface area contributed by atoms with Gasteiger partial charge >= 0.3 is 0 Å². The second kappa shape index (κ2) is 6.01. The van der Waals surface area contributed by atoms with E-state index in [1.807, 2.05) is 36.1 Å². The van der Waals surface area contributed by atoms with E-state index in [-0.39, 0.29) is 12.5 Å². The first-order valence-electron chi connectivity index (χ1n) is 7.06. The fourth-order valence-electron chi connectivity index (χ4n) is 2.36. The Morgan fingerprint density at radius 1 is 1.24 bits per heavy atom. The van der Waals surface area contributed by atoms with Crippen LogP contribution >= 0.6 is 0 Å². The number of amides is 1. The summed E-state index contributed by atoms with van der Waals surface area (Å²) in [5.41, 5.74) is 2.09. The molecule has 0 aliphatic carbocycles. The Bertz CT molecular complexity index is 615. The zero-order valence-corrected chi connectivity index (χ0v) is 12.0. The average molecular weight is 286 g/mol. The molecule has 7 nitrogen and oxygen atoms in total. The molecule has 1 aromatic carbocycles. The molecule has 0 saturated carbocycles. The lowest BCUT2D eigenvalue weighted by Crippen LogP contribution is -2.47. The van der Waals surface area contributed by atoms with Crippen LogP contribution in [0.3, 0.4) is 0 Å². The van der Waals surface area contributed by atoms with E-state index in [4.69, 9.17) is 0 Å². The molecule has 0 bridgehead atoms. The summed E-state index contributed by atoms with van der Waals surface area (Å²) in [6, 6.07) is 7.94. The van der Waals surface area contributed by atoms with Gasteiger partial charge in [0, 0.05) is 31.7 Å². The number of hydrogen-bond acceptors (Lipinski definition) is 5. The fraction of sp³-hybridized carbons (Fsp3) is 0.429. The number of aromatic nitrogens is 4.